The molecule has 0 spiro atoms. The van der Waals surface area contributed by atoms with E-state index in [9.17, 15) is 30.3 Å². The molecule has 9 nitrogen and oxygen atoms in total. The molecule has 1 rings (SSSR count). The zero-order valence-electron chi connectivity index (χ0n) is 42.3. The van der Waals surface area contributed by atoms with Gasteiger partial charge in [0.1, 0.15) is 24.4 Å². The zero-order chi connectivity index (χ0) is 47.3. The summed E-state index contributed by atoms with van der Waals surface area (Å²) in [5, 5.41) is 54.6. The number of nitrogens with one attached hydrogen (secondary N) is 1. The van der Waals surface area contributed by atoms with Crippen LogP contribution < -0.4 is 5.32 Å². The van der Waals surface area contributed by atoms with E-state index in [1.54, 1.807) is 0 Å². The van der Waals surface area contributed by atoms with Crippen LogP contribution in [0.2, 0.25) is 0 Å². The number of aliphatic hydroxyl groups is 5. The summed E-state index contributed by atoms with van der Waals surface area (Å²) in [7, 11) is 0. The van der Waals surface area contributed by atoms with Gasteiger partial charge in [-0.25, -0.2) is 0 Å². The summed E-state index contributed by atoms with van der Waals surface area (Å²) in [6.45, 7) is 3.84. The number of carbonyl (C=O) groups excluding carboxylic acids is 1. The first-order valence-corrected chi connectivity index (χ1v) is 27.7. The fraction of sp³-hybridized carbons (Fsp3) is 0.875. The van der Waals surface area contributed by atoms with Crippen LogP contribution in [0.25, 0.3) is 0 Å². The van der Waals surface area contributed by atoms with Crippen molar-refractivity contribution in [2.75, 3.05) is 13.2 Å². The van der Waals surface area contributed by atoms with E-state index in [1.807, 2.05) is 0 Å². The fourth-order valence-electron chi connectivity index (χ4n) is 8.82. The van der Waals surface area contributed by atoms with Crippen molar-refractivity contribution in [1.29, 1.82) is 0 Å². The number of allylic oxidation sites excluding steroid dienone is 6. The quantitative estimate of drug-likeness (QED) is 0.0261. The molecule has 1 amide bonds. The average Bonchev–Trinajstić information content (AvgIpc) is 3.31. The lowest BCUT2D eigenvalue weighted by atomic mass is 9.99. The molecule has 0 radical (unpaired) electrons. The maximum atomic E-state index is 13.1. The summed E-state index contributed by atoms with van der Waals surface area (Å²) in [6.07, 6.45) is 51.6. The zero-order valence-corrected chi connectivity index (χ0v) is 42.3. The number of hydrogen-bond acceptors (Lipinski definition) is 8. The molecule has 0 aromatic rings. The number of carbonyl (C=O) groups is 1. The number of aliphatic hydroxyl groups excluding tert-OH is 5. The van der Waals surface area contributed by atoms with Crippen LogP contribution in [0, 0.1) is 0 Å². The highest BCUT2D eigenvalue weighted by Gasteiger charge is 2.44. The van der Waals surface area contributed by atoms with Gasteiger partial charge in [-0.2, -0.15) is 0 Å². The third-order valence-corrected chi connectivity index (χ3v) is 13.2. The van der Waals surface area contributed by atoms with Gasteiger partial charge < -0.3 is 40.3 Å². The van der Waals surface area contributed by atoms with Crippen molar-refractivity contribution in [2.45, 2.75) is 301 Å². The van der Waals surface area contributed by atoms with E-state index in [-0.39, 0.29) is 12.5 Å². The lowest BCUT2D eigenvalue weighted by molar-refractivity contribution is -0.302. The summed E-state index contributed by atoms with van der Waals surface area (Å²) in [5.41, 5.74) is 0. The highest BCUT2D eigenvalue weighted by atomic mass is 16.7. The van der Waals surface area contributed by atoms with Gasteiger partial charge in [0, 0.05) is 6.42 Å². The molecule has 9 heteroatoms. The molecule has 0 saturated carbocycles. The first-order chi connectivity index (χ1) is 31.8. The molecule has 0 aromatic carbocycles. The fourth-order valence-corrected chi connectivity index (χ4v) is 8.82. The summed E-state index contributed by atoms with van der Waals surface area (Å²) in [6, 6.07) is -0.721. The molecule has 1 aliphatic rings. The van der Waals surface area contributed by atoms with Gasteiger partial charge in [-0.05, 0) is 51.4 Å². The van der Waals surface area contributed by atoms with Gasteiger partial charge >= 0.3 is 0 Å². The van der Waals surface area contributed by atoms with E-state index < -0.39 is 49.5 Å². The van der Waals surface area contributed by atoms with E-state index in [2.05, 4.69) is 55.6 Å². The molecule has 0 aliphatic carbocycles. The van der Waals surface area contributed by atoms with E-state index in [4.69, 9.17) is 9.47 Å². The summed E-state index contributed by atoms with van der Waals surface area (Å²) in [5.74, 6) is -0.147. The Balaban J connectivity index is 2.22. The van der Waals surface area contributed by atoms with Crippen molar-refractivity contribution in [3.8, 4) is 0 Å². The van der Waals surface area contributed by atoms with Crippen molar-refractivity contribution < 1.29 is 39.8 Å². The Kier molecular flexibility index (Phi) is 43.6. The van der Waals surface area contributed by atoms with E-state index >= 15 is 0 Å². The molecule has 0 bridgehead atoms. The number of rotatable bonds is 47. The Bertz CT molecular complexity index is 1110. The van der Waals surface area contributed by atoms with Gasteiger partial charge in [-0.3, -0.25) is 4.79 Å². The van der Waals surface area contributed by atoms with Crippen molar-refractivity contribution in [2.24, 2.45) is 0 Å². The molecule has 382 valence electrons. The second-order valence-electron chi connectivity index (χ2n) is 19.4. The van der Waals surface area contributed by atoms with E-state index in [0.717, 1.165) is 51.4 Å². The number of unbranched alkanes of at least 4 members (excludes halogenated alkanes) is 31. The van der Waals surface area contributed by atoms with Gasteiger partial charge in [0.05, 0.1) is 25.4 Å². The van der Waals surface area contributed by atoms with Crippen LogP contribution in [0.1, 0.15) is 258 Å². The van der Waals surface area contributed by atoms with Gasteiger partial charge in [-0.1, -0.05) is 237 Å². The van der Waals surface area contributed by atoms with E-state index in [0.29, 0.717) is 12.8 Å². The molecule has 1 saturated heterocycles. The summed E-state index contributed by atoms with van der Waals surface area (Å²) >= 11 is 0. The molecule has 1 fully saturated rings. The molecule has 1 aliphatic heterocycles. The van der Waals surface area contributed by atoms with Gasteiger partial charge in [-0.15, -0.1) is 0 Å². The molecule has 65 heavy (non-hydrogen) atoms. The van der Waals surface area contributed by atoms with Crippen LogP contribution in [0.4, 0.5) is 0 Å². The second-order valence-corrected chi connectivity index (χ2v) is 19.4. The Labute approximate surface area is 400 Å². The molecule has 7 unspecified atom stereocenters. The predicted molar refractivity (Wildman–Crippen MR) is 272 cm³/mol. The minimum absolute atomic E-state index is 0.138. The smallest absolute Gasteiger partial charge is 0.220 e. The third-order valence-electron chi connectivity index (χ3n) is 13.2. The largest absolute Gasteiger partial charge is 0.394 e. The van der Waals surface area contributed by atoms with Crippen LogP contribution in [-0.4, -0.2) is 87.5 Å². The Morgan fingerprint density at radius 3 is 1.34 bits per heavy atom. The molecular weight excluding hydrogens is 815 g/mol. The van der Waals surface area contributed by atoms with Crippen LogP contribution in [0.3, 0.4) is 0 Å². The van der Waals surface area contributed by atoms with Gasteiger partial charge in [0.25, 0.3) is 0 Å². The number of amides is 1. The average molecular weight is 920 g/mol. The van der Waals surface area contributed by atoms with Crippen molar-refractivity contribution in [3.63, 3.8) is 0 Å². The normalized spacial score (nSPS) is 20.1. The van der Waals surface area contributed by atoms with Crippen LogP contribution in [-0.2, 0) is 14.3 Å². The van der Waals surface area contributed by atoms with Crippen LogP contribution >= 0.6 is 0 Å². The summed E-state index contributed by atoms with van der Waals surface area (Å²) in [4.78, 5) is 13.1. The maximum absolute atomic E-state index is 13.1. The molecule has 7 atom stereocenters. The first kappa shape index (κ1) is 61.4. The molecule has 6 N–H and O–H groups in total. The number of ether oxygens (including phenoxy) is 2. The highest BCUT2D eigenvalue weighted by Crippen LogP contribution is 2.23. The lowest BCUT2D eigenvalue weighted by Crippen LogP contribution is -2.60. The third kappa shape index (κ3) is 36.1. The van der Waals surface area contributed by atoms with E-state index in [1.165, 1.54) is 180 Å². The van der Waals surface area contributed by atoms with Crippen molar-refractivity contribution in [1.82, 2.24) is 5.32 Å². The second kappa shape index (κ2) is 46.2. The molecule has 1 heterocycles. The molecular formula is C56H105NO8. The SMILES string of the molecule is CCCCCCC/C=C\C/C=C\C/C=C\CCCCCCCCCCCCC(=O)NC(COC1OC(CO)C(O)C(O)C1O)C(O)CCCCCCCCCCCCCCCCCCC. The van der Waals surface area contributed by atoms with Crippen molar-refractivity contribution >= 4 is 5.91 Å². The Morgan fingerprint density at radius 1 is 0.523 bits per heavy atom. The summed E-state index contributed by atoms with van der Waals surface area (Å²) < 4.78 is 11.3. The lowest BCUT2D eigenvalue weighted by Gasteiger charge is -2.40. The minimum atomic E-state index is -1.55. The predicted octanol–water partition coefficient (Wildman–Crippen LogP) is 13.2. The first-order valence-electron chi connectivity index (χ1n) is 27.7. The van der Waals surface area contributed by atoms with Crippen molar-refractivity contribution in [3.05, 3.63) is 36.5 Å². The minimum Gasteiger partial charge on any atom is -0.394 e. The standard InChI is InChI=1S/C56H105NO8/c1-3-5-7-9-11-13-15-17-19-21-22-23-24-25-26-27-28-30-32-34-36-38-40-42-44-46-52(60)57-49(48-64-56-55(63)54(62)53(61)51(47-58)65-56)50(59)45-43-41-39-37-35-33-31-29-20-18-16-14-12-10-8-6-4-2/h15,17,21-22,24-25,49-51,53-56,58-59,61-63H,3-14,16,18-20,23,26-48H2,1-2H3,(H,57,60)/b17-15-,22-21-,25-24-. The molecule has 0 aromatic heterocycles. The van der Waals surface area contributed by atoms with Crippen LogP contribution in [0.15, 0.2) is 36.5 Å². The Hall–Kier alpha value is -1.59. The number of hydrogen-bond donors (Lipinski definition) is 6. The topological polar surface area (TPSA) is 149 Å². The Morgan fingerprint density at radius 2 is 0.908 bits per heavy atom. The monoisotopic (exact) mass is 920 g/mol. The highest BCUT2D eigenvalue weighted by molar-refractivity contribution is 5.76. The van der Waals surface area contributed by atoms with Crippen LogP contribution in [0.5, 0.6) is 0 Å². The van der Waals surface area contributed by atoms with Gasteiger partial charge in [0.15, 0.2) is 6.29 Å². The van der Waals surface area contributed by atoms with Gasteiger partial charge in [0.2, 0.25) is 5.91 Å². The maximum Gasteiger partial charge on any atom is 0.220 e.